The molecule has 2 aliphatic heterocycles. The van der Waals surface area contributed by atoms with E-state index in [2.05, 4.69) is 41.2 Å². The topological polar surface area (TPSA) is 61.4 Å². The Morgan fingerprint density at radius 1 is 1.21 bits per heavy atom. The Hall–Kier alpha value is -0.160. The lowest BCUT2D eigenvalue weighted by atomic mass is 10.0. The predicted octanol–water partition coefficient (Wildman–Crippen LogP) is 1.63. The third-order valence-electron chi connectivity index (χ3n) is 5.65. The van der Waals surface area contributed by atoms with Crippen molar-refractivity contribution < 1.29 is 9.47 Å². The molecule has 0 saturated carbocycles. The fourth-order valence-electron chi connectivity index (χ4n) is 4.03. The largest absolute Gasteiger partial charge is 0.383 e. The number of nitrogens with zero attached hydrogens (tertiary/aromatic N) is 3. The molecule has 2 N–H and O–H groups in total. The van der Waals surface area contributed by atoms with Gasteiger partial charge in [0.25, 0.3) is 0 Å². The average molecular weight is 511 g/mol. The second-order valence-electron chi connectivity index (χ2n) is 7.89. The molecule has 0 aromatic carbocycles. The smallest absolute Gasteiger partial charge is 0.191 e. The minimum absolute atomic E-state index is 0. The van der Waals surface area contributed by atoms with E-state index in [0.29, 0.717) is 18.0 Å². The number of methoxy groups -OCH3 is 1. The zero-order chi connectivity index (χ0) is 19.5. The first-order valence-corrected chi connectivity index (χ1v) is 10.7. The van der Waals surface area contributed by atoms with Crippen LogP contribution in [0.15, 0.2) is 4.99 Å². The maximum Gasteiger partial charge on any atom is 0.191 e. The number of halogens is 1. The van der Waals surface area contributed by atoms with Gasteiger partial charge in [0.15, 0.2) is 5.96 Å². The fraction of sp³-hybridized carbons (Fsp3) is 0.950. The second-order valence-corrected chi connectivity index (χ2v) is 7.89. The number of aliphatic imine (C=N–C) groups is 1. The molecule has 0 bridgehead atoms. The summed E-state index contributed by atoms with van der Waals surface area (Å²) in [7, 11) is 1.78. The van der Waals surface area contributed by atoms with Crippen molar-refractivity contribution in [1.29, 1.82) is 0 Å². The van der Waals surface area contributed by atoms with E-state index in [1.54, 1.807) is 7.11 Å². The van der Waals surface area contributed by atoms with Gasteiger partial charge in [-0.3, -0.25) is 14.8 Å². The van der Waals surface area contributed by atoms with Gasteiger partial charge in [0.2, 0.25) is 0 Å². The van der Waals surface area contributed by atoms with E-state index in [1.807, 2.05) is 0 Å². The number of hydrogen-bond donors (Lipinski definition) is 2. The first kappa shape index (κ1) is 25.9. The van der Waals surface area contributed by atoms with Gasteiger partial charge in [-0.25, -0.2) is 0 Å². The molecule has 166 valence electrons. The van der Waals surface area contributed by atoms with Crippen LogP contribution in [0.3, 0.4) is 0 Å². The van der Waals surface area contributed by atoms with Crippen LogP contribution in [0.5, 0.6) is 0 Å². The Balaban J connectivity index is 0.00000392. The Morgan fingerprint density at radius 3 is 2.61 bits per heavy atom. The summed E-state index contributed by atoms with van der Waals surface area (Å²) in [5.41, 5.74) is 0. The maximum absolute atomic E-state index is 5.51. The molecule has 2 heterocycles. The first-order valence-electron chi connectivity index (χ1n) is 10.7. The molecule has 2 fully saturated rings. The molecular formula is C20H42IN5O2. The van der Waals surface area contributed by atoms with Crippen molar-refractivity contribution in [3.05, 3.63) is 0 Å². The number of guanidine groups is 1. The van der Waals surface area contributed by atoms with E-state index in [9.17, 15) is 0 Å². The van der Waals surface area contributed by atoms with Gasteiger partial charge in [0.05, 0.1) is 26.4 Å². The number of likely N-dealkylation sites (tertiary alicyclic amines) is 1. The molecule has 2 saturated heterocycles. The van der Waals surface area contributed by atoms with E-state index >= 15 is 0 Å². The van der Waals surface area contributed by atoms with Gasteiger partial charge < -0.3 is 20.1 Å². The second kappa shape index (κ2) is 14.8. The SMILES string of the molecule is CCNC(=NCC(C(C)C)N1CCOCC1)NCC1CCCN1CCOC.I. The zero-order valence-electron chi connectivity index (χ0n) is 18.3. The van der Waals surface area contributed by atoms with Crippen LogP contribution < -0.4 is 10.6 Å². The van der Waals surface area contributed by atoms with E-state index in [4.69, 9.17) is 14.5 Å². The highest BCUT2D eigenvalue weighted by Gasteiger charge is 2.25. The maximum atomic E-state index is 5.51. The third kappa shape index (κ3) is 8.69. The molecule has 0 spiro atoms. The van der Waals surface area contributed by atoms with E-state index in [1.165, 1.54) is 19.4 Å². The van der Waals surface area contributed by atoms with Crippen LogP contribution in [-0.2, 0) is 9.47 Å². The van der Waals surface area contributed by atoms with Gasteiger partial charge in [-0.2, -0.15) is 0 Å². The standard InChI is InChI=1S/C20H41N5O2.HI/c1-5-21-20(22-15-18-7-6-8-24(18)9-12-26-4)23-16-19(17(2)3)25-10-13-27-14-11-25;/h17-19H,5-16H2,1-4H3,(H2,21,22,23);1H. The lowest BCUT2D eigenvalue weighted by Crippen LogP contribution is -2.49. The Labute approximate surface area is 189 Å². The van der Waals surface area contributed by atoms with Gasteiger partial charge in [0, 0.05) is 51.9 Å². The van der Waals surface area contributed by atoms with E-state index in [0.717, 1.165) is 65.0 Å². The minimum Gasteiger partial charge on any atom is -0.383 e. The lowest BCUT2D eigenvalue weighted by Gasteiger charge is -2.36. The van der Waals surface area contributed by atoms with Gasteiger partial charge in [0.1, 0.15) is 0 Å². The highest BCUT2D eigenvalue weighted by atomic mass is 127. The number of ether oxygens (including phenoxy) is 2. The minimum atomic E-state index is 0. The summed E-state index contributed by atoms with van der Waals surface area (Å²) in [6.45, 7) is 16.1. The molecule has 7 nitrogen and oxygen atoms in total. The number of hydrogen-bond acceptors (Lipinski definition) is 5. The molecule has 0 radical (unpaired) electrons. The van der Waals surface area contributed by atoms with Crippen molar-refractivity contribution in [2.45, 2.75) is 45.7 Å². The summed E-state index contributed by atoms with van der Waals surface area (Å²) in [5, 5.41) is 6.99. The van der Waals surface area contributed by atoms with E-state index < -0.39 is 0 Å². The normalized spacial score (nSPS) is 22.9. The van der Waals surface area contributed by atoms with Crippen molar-refractivity contribution in [2.24, 2.45) is 10.9 Å². The van der Waals surface area contributed by atoms with Gasteiger partial charge >= 0.3 is 0 Å². The Kier molecular flexibility index (Phi) is 13.6. The first-order chi connectivity index (χ1) is 13.2. The van der Waals surface area contributed by atoms with Gasteiger partial charge in [-0.15, -0.1) is 24.0 Å². The van der Waals surface area contributed by atoms with Crippen LogP contribution in [0.4, 0.5) is 0 Å². The Bertz CT molecular complexity index is 433. The summed E-state index contributed by atoms with van der Waals surface area (Å²) in [6.07, 6.45) is 2.52. The summed E-state index contributed by atoms with van der Waals surface area (Å²) < 4.78 is 10.8. The summed E-state index contributed by atoms with van der Waals surface area (Å²) in [5.74, 6) is 1.52. The number of nitrogens with one attached hydrogen (secondary N) is 2. The number of rotatable bonds is 10. The van der Waals surface area contributed by atoms with Gasteiger partial charge in [-0.1, -0.05) is 13.8 Å². The average Bonchev–Trinajstić information content (AvgIpc) is 3.12. The molecule has 0 aliphatic carbocycles. The van der Waals surface area contributed by atoms with Crippen molar-refractivity contribution in [2.75, 3.05) is 72.7 Å². The molecule has 0 aromatic rings. The monoisotopic (exact) mass is 511 g/mol. The van der Waals surface area contributed by atoms with Crippen molar-refractivity contribution in [1.82, 2.24) is 20.4 Å². The molecule has 2 unspecified atom stereocenters. The van der Waals surface area contributed by atoms with Crippen LogP contribution in [-0.4, -0.2) is 101 Å². The quantitative estimate of drug-likeness (QED) is 0.264. The third-order valence-corrected chi connectivity index (χ3v) is 5.65. The molecule has 8 heteroatoms. The summed E-state index contributed by atoms with van der Waals surface area (Å²) in [4.78, 5) is 9.99. The van der Waals surface area contributed by atoms with Crippen LogP contribution in [0.1, 0.15) is 33.6 Å². The number of morpholine rings is 1. The fourth-order valence-corrected chi connectivity index (χ4v) is 4.03. The highest BCUT2D eigenvalue weighted by molar-refractivity contribution is 14.0. The van der Waals surface area contributed by atoms with Gasteiger partial charge in [-0.05, 0) is 32.2 Å². The van der Waals surface area contributed by atoms with Crippen molar-refractivity contribution >= 4 is 29.9 Å². The lowest BCUT2D eigenvalue weighted by molar-refractivity contribution is 0.00867. The molecule has 0 amide bonds. The predicted molar refractivity (Wildman–Crippen MR) is 127 cm³/mol. The molecule has 2 aliphatic rings. The molecular weight excluding hydrogens is 469 g/mol. The zero-order valence-corrected chi connectivity index (χ0v) is 20.6. The van der Waals surface area contributed by atoms with E-state index in [-0.39, 0.29) is 24.0 Å². The van der Waals surface area contributed by atoms with Crippen molar-refractivity contribution in [3.8, 4) is 0 Å². The molecule has 2 atom stereocenters. The Morgan fingerprint density at radius 2 is 1.96 bits per heavy atom. The molecule has 2 rings (SSSR count). The van der Waals surface area contributed by atoms with Crippen LogP contribution >= 0.6 is 24.0 Å². The van der Waals surface area contributed by atoms with Crippen molar-refractivity contribution in [3.63, 3.8) is 0 Å². The summed E-state index contributed by atoms with van der Waals surface area (Å²) in [6, 6.07) is 1.04. The van der Waals surface area contributed by atoms with Crippen LogP contribution in [0.25, 0.3) is 0 Å². The van der Waals surface area contributed by atoms with Crippen LogP contribution in [0.2, 0.25) is 0 Å². The molecule has 28 heavy (non-hydrogen) atoms. The highest BCUT2D eigenvalue weighted by Crippen LogP contribution is 2.16. The summed E-state index contributed by atoms with van der Waals surface area (Å²) >= 11 is 0. The van der Waals surface area contributed by atoms with Crippen LogP contribution in [0, 0.1) is 5.92 Å². The molecule has 0 aromatic heterocycles.